The summed E-state index contributed by atoms with van der Waals surface area (Å²) >= 11 is 0. The molecule has 1 aromatic heterocycles. The molecule has 1 saturated heterocycles. The Balaban J connectivity index is 1.29. The first-order valence-corrected chi connectivity index (χ1v) is 10.2. The SMILES string of the molecule is NC(=O)c1cc(F)ccc1C(=O)NCCN1CCC(c2[nH]nc3cc(F)ccc23)CC1. The number of nitrogens with zero attached hydrogens (tertiary/aromatic N) is 2. The number of halogens is 2. The van der Waals surface area contributed by atoms with Crippen molar-refractivity contribution in [2.45, 2.75) is 18.8 Å². The third kappa shape index (κ3) is 4.56. The number of amides is 2. The van der Waals surface area contributed by atoms with Crippen molar-refractivity contribution in [3.05, 3.63) is 64.9 Å². The first kappa shape index (κ1) is 20.9. The van der Waals surface area contributed by atoms with Crippen LogP contribution in [-0.4, -0.2) is 53.1 Å². The van der Waals surface area contributed by atoms with Gasteiger partial charge < -0.3 is 16.0 Å². The lowest BCUT2D eigenvalue weighted by Gasteiger charge is -2.31. The van der Waals surface area contributed by atoms with Gasteiger partial charge in [-0.25, -0.2) is 8.78 Å². The van der Waals surface area contributed by atoms with Crippen LogP contribution in [0.15, 0.2) is 36.4 Å². The summed E-state index contributed by atoms with van der Waals surface area (Å²) in [5.41, 5.74) is 6.85. The summed E-state index contributed by atoms with van der Waals surface area (Å²) < 4.78 is 26.7. The predicted octanol–water partition coefficient (Wildman–Crippen LogP) is 2.55. The molecule has 0 atom stereocenters. The predicted molar refractivity (Wildman–Crippen MR) is 112 cm³/mol. The van der Waals surface area contributed by atoms with Gasteiger partial charge in [-0.15, -0.1) is 0 Å². The summed E-state index contributed by atoms with van der Waals surface area (Å²) in [6.45, 7) is 2.75. The van der Waals surface area contributed by atoms with Crippen LogP contribution < -0.4 is 11.1 Å². The van der Waals surface area contributed by atoms with Crippen LogP contribution in [0.5, 0.6) is 0 Å². The Labute approximate surface area is 177 Å². The van der Waals surface area contributed by atoms with Crippen molar-refractivity contribution >= 4 is 22.7 Å². The van der Waals surface area contributed by atoms with Crippen molar-refractivity contribution < 1.29 is 18.4 Å². The van der Waals surface area contributed by atoms with Gasteiger partial charge in [-0.1, -0.05) is 0 Å². The zero-order chi connectivity index (χ0) is 22.0. The number of hydrogen-bond donors (Lipinski definition) is 3. The lowest BCUT2D eigenvalue weighted by molar-refractivity contribution is 0.0929. The fourth-order valence-corrected chi connectivity index (χ4v) is 4.10. The summed E-state index contributed by atoms with van der Waals surface area (Å²) in [5, 5.41) is 11.0. The number of nitrogens with one attached hydrogen (secondary N) is 2. The van der Waals surface area contributed by atoms with Crippen LogP contribution in [-0.2, 0) is 0 Å². The van der Waals surface area contributed by atoms with Crippen molar-refractivity contribution in [2.75, 3.05) is 26.2 Å². The normalized spacial score (nSPS) is 15.3. The number of H-pyrrole nitrogens is 1. The molecular weight excluding hydrogens is 404 g/mol. The van der Waals surface area contributed by atoms with Gasteiger partial charge >= 0.3 is 0 Å². The third-order valence-corrected chi connectivity index (χ3v) is 5.75. The second-order valence-electron chi connectivity index (χ2n) is 7.72. The van der Waals surface area contributed by atoms with Gasteiger partial charge in [-0.2, -0.15) is 5.10 Å². The van der Waals surface area contributed by atoms with E-state index in [0.29, 0.717) is 24.5 Å². The summed E-state index contributed by atoms with van der Waals surface area (Å²) in [6.07, 6.45) is 1.85. The molecule has 1 fully saturated rings. The highest BCUT2D eigenvalue weighted by Gasteiger charge is 2.24. The fourth-order valence-electron chi connectivity index (χ4n) is 4.10. The van der Waals surface area contributed by atoms with Gasteiger partial charge in [0, 0.05) is 36.2 Å². The number of nitrogens with two attached hydrogens (primary N) is 1. The number of likely N-dealkylation sites (tertiary alicyclic amines) is 1. The summed E-state index contributed by atoms with van der Waals surface area (Å²) in [5.74, 6) is -1.91. The van der Waals surface area contributed by atoms with E-state index in [0.717, 1.165) is 49.1 Å². The van der Waals surface area contributed by atoms with Crippen LogP contribution in [0.1, 0.15) is 45.2 Å². The molecule has 0 spiro atoms. The molecule has 1 aliphatic heterocycles. The molecule has 162 valence electrons. The van der Waals surface area contributed by atoms with Gasteiger partial charge in [0.1, 0.15) is 11.6 Å². The van der Waals surface area contributed by atoms with E-state index in [1.807, 2.05) is 0 Å². The number of carbonyl (C=O) groups excluding carboxylic acids is 2. The smallest absolute Gasteiger partial charge is 0.252 e. The van der Waals surface area contributed by atoms with E-state index >= 15 is 0 Å². The molecule has 4 N–H and O–H groups in total. The minimum atomic E-state index is -0.846. The Bertz CT molecular complexity index is 1120. The number of aromatic nitrogens is 2. The van der Waals surface area contributed by atoms with E-state index < -0.39 is 17.6 Å². The Morgan fingerprint density at radius 1 is 1.10 bits per heavy atom. The average Bonchev–Trinajstić information content (AvgIpc) is 3.17. The molecule has 31 heavy (non-hydrogen) atoms. The lowest BCUT2D eigenvalue weighted by atomic mass is 9.91. The molecule has 4 rings (SSSR count). The Morgan fingerprint density at radius 2 is 1.81 bits per heavy atom. The molecular formula is C22H23F2N5O2. The molecule has 9 heteroatoms. The Morgan fingerprint density at radius 3 is 2.55 bits per heavy atom. The molecule has 7 nitrogen and oxygen atoms in total. The first-order chi connectivity index (χ1) is 14.9. The number of carbonyl (C=O) groups is 2. The monoisotopic (exact) mass is 427 g/mol. The molecule has 1 aliphatic rings. The number of rotatable bonds is 6. The number of hydrogen-bond acceptors (Lipinski definition) is 4. The average molecular weight is 427 g/mol. The van der Waals surface area contributed by atoms with Crippen LogP contribution in [0, 0.1) is 11.6 Å². The highest BCUT2D eigenvalue weighted by atomic mass is 19.1. The van der Waals surface area contributed by atoms with Crippen molar-refractivity contribution in [1.29, 1.82) is 0 Å². The number of aromatic amines is 1. The van der Waals surface area contributed by atoms with E-state index in [9.17, 15) is 18.4 Å². The number of benzene rings is 2. The number of piperidine rings is 1. The zero-order valence-corrected chi connectivity index (χ0v) is 16.8. The zero-order valence-electron chi connectivity index (χ0n) is 16.8. The molecule has 0 bridgehead atoms. The fraction of sp³-hybridized carbons (Fsp3) is 0.318. The number of primary amides is 1. The second-order valence-corrected chi connectivity index (χ2v) is 7.72. The van der Waals surface area contributed by atoms with Gasteiger partial charge in [0.2, 0.25) is 5.91 Å². The minimum Gasteiger partial charge on any atom is -0.366 e. The van der Waals surface area contributed by atoms with Crippen LogP contribution in [0.2, 0.25) is 0 Å². The van der Waals surface area contributed by atoms with E-state index in [1.54, 1.807) is 6.07 Å². The van der Waals surface area contributed by atoms with Crippen LogP contribution >= 0.6 is 0 Å². The van der Waals surface area contributed by atoms with Crippen molar-refractivity contribution in [1.82, 2.24) is 20.4 Å². The Hall–Kier alpha value is -3.33. The van der Waals surface area contributed by atoms with E-state index in [1.165, 1.54) is 18.2 Å². The molecule has 0 saturated carbocycles. The summed E-state index contributed by atoms with van der Waals surface area (Å²) in [7, 11) is 0. The van der Waals surface area contributed by atoms with Gasteiger partial charge in [-0.3, -0.25) is 14.7 Å². The lowest BCUT2D eigenvalue weighted by Crippen LogP contribution is -2.39. The maximum absolute atomic E-state index is 13.4. The minimum absolute atomic E-state index is 0.0650. The maximum Gasteiger partial charge on any atom is 0.252 e. The molecule has 0 radical (unpaired) electrons. The van der Waals surface area contributed by atoms with E-state index in [4.69, 9.17) is 5.73 Å². The second kappa shape index (κ2) is 8.81. The van der Waals surface area contributed by atoms with Crippen molar-refractivity contribution in [2.24, 2.45) is 5.73 Å². The number of fused-ring (bicyclic) bond motifs is 1. The summed E-state index contributed by atoms with van der Waals surface area (Å²) in [4.78, 5) is 26.1. The van der Waals surface area contributed by atoms with Gasteiger partial charge in [0.15, 0.2) is 0 Å². The molecule has 2 heterocycles. The van der Waals surface area contributed by atoms with E-state index in [-0.39, 0.29) is 16.9 Å². The van der Waals surface area contributed by atoms with E-state index in [2.05, 4.69) is 20.4 Å². The molecule has 2 amide bonds. The quantitative estimate of drug-likeness (QED) is 0.562. The molecule has 3 aromatic rings. The maximum atomic E-state index is 13.4. The van der Waals surface area contributed by atoms with Crippen LogP contribution in [0.3, 0.4) is 0 Å². The van der Waals surface area contributed by atoms with Crippen LogP contribution in [0.4, 0.5) is 8.78 Å². The Kier molecular flexibility index (Phi) is 5.94. The summed E-state index contributed by atoms with van der Waals surface area (Å²) in [6, 6.07) is 8.00. The standard InChI is InChI=1S/C22H23F2N5O2/c23-14-1-3-16(18(11-14)21(25)30)22(31)26-7-10-29-8-5-13(6-9-29)20-17-4-2-15(24)12-19(17)27-28-20/h1-4,11-13H,5-10H2,(H2,25,30)(H,26,31)(H,27,28). The van der Waals surface area contributed by atoms with Crippen LogP contribution in [0.25, 0.3) is 10.9 Å². The largest absolute Gasteiger partial charge is 0.366 e. The van der Waals surface area contributed by atoms with Crippen molar-refractivity contribution in [3.8, 4) is 0 Å². The molecule has 0 aliphatic carbocycles. The third-order valence-electron chi connectivity index (χ3n) is 5.75. The van der Waals surface area contributed by atoms with Gasteiger partial charge in [0.25, 0.3) is 5.91 Å². The molecule has 2 aromatic carbocycles. The topological polar surface area (TPSA) is 104 Å². The van der Waals surface area contributed by atoms with Crippen molar-refractivity contribution in [3.63, 3.8) is 0 Å². The highest BCUT2D eigenvalue weighted by Crippen LogP contribution is 2.31. The van der Waals surface area contributed by atoms with Gasteiger partial charge in [0.05, 0.1) is 16.6 Å². The van der Waals surface area contributed by atoms with Gasteiger partial charge in [-0.05, 0) is 56.3 Å². The first-order valence-electron chi connectivity index (χ1n) is 10.2. The highest BCUT2D eigenvalue weighted by molar-refractivity contribution is 6.06. The molecule has 0 unspecified atom stereocenters.